The molecule has 0 unspecified atom stereocenters. The Morgan fingerprint density at radius 3 is 2.67 bits per heavy atom. The lowest BCUT2D eigenvalue weighted by molar-refractivity contribution is -0.149. The first kappa shape index (κ1) is 15.8. The number of carbonyl (C=O) groups excluding carboxylic acids is 1. The van der Waals surface area contributed by atoms with Gasteiger partial charge >= 0.3 is 12.1 Å². The zero-order valence-corrected chi connectivity index (χ0v) is 12.7. The van der Waals surface area contributed by atoms with Crippen molar-refractivity contribution in [2.45, 2.75) is 45.3 Å². The van der Waals surface area contributed by atoms with E-state index in [1.165, 1.54) is 0 Å². The van der Waals surface area contributed by atoms with E-state index in [4.69, 9.17) is 9.47 Å². The summed E-state index contributed by atoms with van der Waals surface area (Å²) in [6.45, 7) is 6.41. The smallest absolute Gasteiger partial charge is 0.408 e. The Labute approximate surface area is 124 Å². The van der Waals surface area contributed by atoms with E-state index < -0.39 is 23.1 Å². The zero-order chi connectivity index (χ0) is 15.7. The van der Waals surface area contributed by atoms with Crippen LogP contribution in [0, 0.1) is 11.3 Å². The Balaban J connectivity index is 2.00. The van der Waals surface area contributed by atoms with Gasteiger partial charge in [-0.15, -0.1) is 0 Å². The molecule has 2 rings (SSSR count). The summed E-state index contributed by atoms with van der Waals surface area (Å²) in [7, 11) is 0. The molecule has 1 aliphatic carbocycles. The quantitative estimate of drug-likeness (QED) is 0.778. The van der Waals surface area contributed by atoms with Gasteiger partial charge in [0.2, 0.25) is 0 Å². The van der Waals surface area contributed by atoms with Crippen LogP contribution in [0.25, 0.3) is 0 Å². The third-order valence-corrected chi connectivity index (χ3v) is 3.94. The number of hydrogen-bond acceptors (Lipinski definition) is 4. The van der Waals surface area contributed by atoms with E-state index in [-0.39, 0.29) is 12.0 Å². The van der Waals surface area contributed by atoms with Crippen molar-refractivity contribution >= 4 is 12.1 Å². The van der Waals surface area contributed by atoms with Crippen molar-refractivity contribution in [3.8, 4) is 0 Å². The molecule has 0 aromatic heterocycles. The molecule has 0 spiro atoms. The highest BCUT2D eigenvalue weighted by molar-refractivity contribution is 5.79. The van der Waals surface area contributed by atoms with Crippen LogP contribution in [0.5, 0.6) is 0 Å². The van der Waals surface area contributed by atoms with Crippen molar-refractivity contribution in [1.82, 2.24) is 5.32 Å². The lowest BCUT2D eigenvalue weighted by atomic mass is 9.74. The van der Waals surface area contributed by atoms with Gasteiger partial charge in [0.1, 0.15) is 5.60 Å². The maximum Gasteiger partial charge on any atom is 0.408 e. The first-order valence-corrected chi connectivity index (χ1v) is 7.23. The van der Waals surface area contributed by atoms with Crippen LogP contribution in [0.2, 0.25) is 0 Å². The monoisotopic (exact) mass is 297 g/mol. The highest BCUT2D eigenvalue weighted by Gasteiger charge is 2.49. The maximum absolute atomic E-state index is 11.8. The zero-order valence-electron chi connectivity index (χ0n) is 12.7. The molecule has 1 aliphatic heterocycles. The lowest BCUT2D eigenvalue weighted by Crippen LogP contribution is -2.42. The van der Waals surface area contributed by atoms with Crippen molar-refractivity contribution in [3.05, 3.63) is 12.2 Å². The van der Waals surface area contributed by atoms with Crippen LogP contribution in [0.4, 0.5) is 4.79 Å². The van der Waals surface area contributed by atoms with Crippen LogP contribution in [-0.2, 0) is 14.3 Å². The third-order valence-electron chi connectivity index (χ3n) is 3.94. The Morgan fingerprint density at radius 2 is 2.14 bits per heavy atom. The molecule has 1 amide bonds. The van der Waals surface area contributed by atoms with E-state index >= 15 is 0 Å². The molecule has 0 aromatic carbocycles. The van der Waals surface area contributed by atoms with Gasteiger partial charge in [0.05, 0.1) is 18.1 Å². The van der Waals surface area contributed by atoms with Gasteiger partial charge < -0.3 is 19.9 Å². The molecule has 2 N–H and O–H groups in total. The van der Waals surface area contributed by atoms with Crippen molar-refractivity contribution in [2.24, 2.45) is 11.3 Å². The van der Waals surface area contributed by atoms with Crippen molar-refractivity contribution < 1.29 is 24.2 Å². The molecule has 1 saturated heterocycles. The summed E-state index contributed by atoms with van der Waals surface area (Å²) in [4.78, 5) is 23.5. The number of ether oxygens (including phenoxy) is 2. The molecule has 1 fully saturated rings. The molecular formula is C15H23NO5. The fraction of sp³-hybridized carbons (Fsp3) is 0.733. The third kappa shape index (κ3) is 3.56. The number of carbonyl (C=O) groups is 2. The van der Waals surface area contributed by atoms with Crippen molar-refractivity contribution in [2.75, 3.05) is 13.2 Å². The highest BCUT2D eigenvalue weighted by atomic mass is 16.6. The van der Waals surface area contributed by atoms with E-state index in [1.807, 2.05) is 0 Å². The summed E-state index contributed by atoms with van der Waals surface area (Å²) in [6, 6.07) is -0.323. The fourth-order valence-electron chi connectivity index (χ4n) is 2.92. The minimum absolute atomic E-state index is 0.0447. The van der Waals surface area contributed by atoms with Gasteiger partial charge in [-0.3, -0.25) is 4.79 Å². The van der Waals surface area contributed by atoms with Gasteiger partial charge in [0.25, 0.3) is 0 Å². The van der Waals surface area contributed by atoms with Crippen LogP contribution in [-0.4, -0.2) is 42.0 Å². The second-order valence-corrected chi connectivity index (χ2v) is 6.72. The van der Waals surface area contributed by atoms with Crippen LogP contribution < -0.4 is 5.32 Å². The predicted molar refractivity (Wildman–Crippen MR) is 75.9 cm³/mol. The number of hydrogen-bond donors (Lipinski definition) is 2. The van der Waals surface area contributed by atoms with Gasteiger partial charge in [0.15, 0.2) is 0 Å². The average Bonchev–Trinajstić information content (AvgIpc) is 2.94. The highest BCUT2D eigenvalue weighted by Crippen LogP contribution is 2.43. The summed E-state index contributed by atoms with van der Waals surface area (Å²) >= 11 is 0. The van der Waals surface area contributed by atoms with Gasteiger partial charge in [-0.25, -0.2) is 4.79 Å². The summed E-state index contributed by atoms with van der Waals surface area (Å²) in [6.07, 6.45) is 4.00. The van der Waals surface area contributed by atoms with Crippen molar-refractivity contribution in [1.29, 1.82) is 0 Å². The summed E-state index contributed by atoms with van der Waals surface area (Å²) in [5.74, 6) is -0.903. The largest absolute Gasteiger partial charge is 0.481 e. The second-order valence-electron chi connectivity index (χ2n) is 6.72. The number of amides is 1. The van der Waals surface area contributed by atoms with Crippen LogP contribution in [0.15, 0.2) is 12.2 Å². The van der Waals surface area contributed by atoms with Crippen LogP contribution in [0.3, 0.4) is 0 Å². The first-order chi connectivity index (χ1) is 9.73. The van der Waals surface area contributed by atoms with Gasteiger partial charge in [-0.05, 0) is 33.6 Å². The molecule has 0 saturated carbocycles. The van der Waals surface area contributed by atoms with Crippen LogP contribution >= 0.6 is 0 Å². The Hall–Kier alpha value is -1.56. The fourth-order valence-corrected chi connectivity index (χ4v) is 2.92. The molecule has 3 atom stereocenters. The molecule has 1 heterocycles. The SMILES string of the molecule is CC(C)(C)OC(=O)N[C@@H]1C=C[C@](C(=O)O)([C@H]2CCOC2)C1. The van der Waals surface area contributed by atoms with Crippen molar-refractivity contribution in [3.63, 3.8) is 0 Å². The average molecular weight is 297 g/mol. The number of alkyl carbamates (subject to hydrolysis) is 1. The number of aliphatic carboxylic acids is 1. The minimum Gasteiger partial charge on any atom is -0.481 e. The predicted octanol–water partition coefficient (Wildman–Crippen LogP) is 1.95. The summed E-state index contributed by atoms with van der Waals surface area (Å²) in [5.41, 5.74) is -1.52. The normalized spacial score (nSPS) is 32.1. The van der Waals surface area contributed by atoms with E-state index in [0.29, 0.717) is 19.6 Å². The second kappa shape index (κ2) is 5.67. The first-order valence-electron chi connectivity index (χ1n) is 7.23. The molecule has 0 bridgehead atoms. The summed E-state index contributed by atoms with van der Waals surface area (Å²) in [5, 5.41) is 12.3. The number of rotatable bonds is 3. The molecule has 0 radical (unpaired) electrons. The van der Waals surface area contributed by atoms with E-state index in [0.717, 1.165) is 6.42 Å². The molecule has 2 aliphatic rings. The topological polar surface area (TPSA) is 84.9 Å². The van der Waals surface area contributed by atoms with E-state index in [1.54, 1.807) is 32.9 Å². The number of carboxylic acids is 1. The molecular weight excluding hydrogens is 274 g/mol. The van der Waals surface area contributed by atoms with E-state index in [2.05, 4.69) is 5.32 Å². The molecule has 118 valence electrons. The van der Waals surface area contributed by atoms with Gasteiger partial charge in [-0.2, -0.15) is 0 Å². The Morgan fingerprint density at radius 1 is 1.43 bits per heavy atom. The molecule has 6 nitrogen and oxygen atoms in total. The lowest BCUT2D eigenvalue weighted by Gasteiger charge is -2.29. The van der Waals surface area contributed by atoms with E-state index in [9.17, 15) is 14.7 Å². The number of carboxylic acid groups (broad SMARTS) is 1. The minimum atomic E-state index is -0.948. The molecule has 0 aromatic rings. The number of nitrogens with one attached hydrogen (secondary N) is 1. The maximum atomic E-state index is 11.8. The molecule has 21 heavy (non-hydrogen) atoms. The van der Waals surface area contributed by atoms with Gasteiger partial charge in [0, 0.05) is 12.5 Å². The standard InChI is InChI=1S/C15H23NO5/c1-14(2,3)21-13(19)16-11-4-6-15(8-11,12(17)18)10-5-7-20-9-10/h4,6,10-11H,5,7-9H2,1-3H3,(H,16,19)(H,17,18)/t10-,11+,15+/m0/s1. The Kier molecular flexibility index (Phi) is 4.27. The molecule has 6 heteroatoms. The van der Waals surface area contributed by atoms with Crippen LogP contribution in [0.1, 0.15) is 33.6 Å². The van der Waals surface area contributed by atoms with Gasteiger partial charge in [-0.1, -0.05) is 12.2 Å². The Bertz CT molecular complexity index is 447. The summed E-state index contributed by atoms with van der Waals surface area (Å²) < 4.78 is 10.5.